The molecule has 7 heteroatoms. The molecule has 130 valence electrons. The molecule has 2 N–H and O–H groups in total. The van der Waals surface area contributed by atoms with E-state index in [0.29, 0.717) is 0 Å². The van der Waals surface area contributed by atoms with Gasteiger partial charge in [-0.1, -0.05) is 6.07 Å². The molecule has 2 heterocycles. The SMILES string of the molecule is Cl.Cl.Cn1c(=O)n(C)c2cc(CNCC3CCNCC3)ccc21. The van der Waals surface area contributed by atoms with E-state index in [4.69, 9.17) is 0 Å². The molecule has 0 atom stereocenters. The minimum absolute atomic E-state index is 0. The molecule has 2 aromatic rings. The van der Waals surface area contributed by atoms with Gasteiger partial charge in [-0.25, -0.2) is 4.79 Å². The van der Waals surface area contributed by atoms with Crippen molar-refractivity contribution in [3.05, 3.63) is 34.2 Å². The summed E-state index contributed by atoms with van der Waals surface area (Å²) in [5.41, 5.74) is 3.26. The van der Waals surface area contributed by atoms with Crippen LogP contribution in [-0.2, 0) is 20.6 Å². The van der Waals surface area contributed by atoms with Crippen molar-refractivity contribution in [2.24, 2.45) is 20.0 Å². The Hall–Kier alpha value is -1.01. The Morgan fingerprint density at radius 2 is 1.78 bits per heavy atom. The molecular formula is C16H26Cl2N4O. The van der Waals surface area contributed by atoms with E-state index < -0.39 is 0 Å². The molecule has 3 rings (SSSR count). The number of rotatable bonds is 4. The summed E-state index contributed by atoms with van der Waals surface area (Å²) in [5.74, 6) is 0.788. The molecule has 0 unspecified atom stereocenters. The topological polar surface area (TPSA) is 51.0 Å². The summed E-state index contributed by atoms with van der Waals surface area (Å²) in [4.78, 5) is 11.9. The predicted molar refractivity (Wildman–Crippen MR) is 100.0 cm³/mol. The van der Waals surface area contributed by atoms with Crippen molar-refractivity contribution in [2.45, 2.75) is 19.4 Å². The highest BCUT2D eigenvalue weighted by Crippen LogP contribution is 2.14. The first kappa shape index (κ1) is 20.0. The van der Waals surface area contributed by atoms with Gasteiger partial charge in [0.2, 0.25) is 0 Å². The molecule has 0 bridgehead atoms. The number of fused-ring (bicyclic) bond motifs is 1. The highest BCUT2D eigenvalue weighted by molar-refractivity contribution is 5.85. The molecular weight excluding hydrogens is 335 g/mol. The standard InChI is InChI=1S/C16H24N4O.2ClH/c1-19-14-4-3-13(9-15(14)20(2)16(19)21)11-18-10-12-5-7-17-8-6-12;;/h3-4,9,12,17-18H,5-8,10-11H2,1-2H3;2*1H. The third kappa shape index (κ3) is 4.29. The van der Waals surface area contributed by atoms with E-state index >= 15 is 0 Å². The molecule has 1 saturated heterocycles. The van der Waals surface area contributed by atoms with Gasteiger partial charge in [0.25, 0.3) is 0 Å². The Balaban J connectivity index is 0.00000132. The molecule has 0 spiro atoms. The lowest BCUT2D eigenvalue weighted by molar-refractivity contribution is 0.356. The van der Waals surface area contributed by atoms with Crippen LogP contribution in [0.2, 0.25) is 0 Å². The van der Waals surface area contributed by atoms with Crippen LogP contribution in [0, 0.1) is 5.92 Å². The summed E-state index contributed by atoms with van der Waals surface area (Å²) in [5, 5.41) is 6.95. The minimum atomic E-state index is 0. The maximum absolute atomic E-state index is 11.9. The zero-order valence-corrected chi connectivity index (χ0v) is 15.3. The van der Waals surface area contributed by atoms with Crippen LogP contribution in [0.5, 0.6) is 0 Å². The van der Waals surface area contributed by atoms with Gasteiger partial charge in [-0.05, 0) is 56.1 Å². The fourth-order valence-electron chi connectivity index (χ4n) is 3.17. The summed E-state index contributed by atoms with van der Waals surface area (Å²) in [6.45, 7) is 4.23. The van der Waals surface area contributed by atoms with Gasteiger partial charge in [-0.3, -0.25) is 9.13 Å². The zero-order chi connectivity index (χ0) is 14.8. The average molecular weight is 361 g/mol. The van der Waals surface area contributed by atoms with E-state index in [1.165, 1.54) is 18.4 Å². The Labute approximate surface area is 149 Å². The fraction of sp³-hybridized carbons (Fsp3) is 0.562. The molecule has 1 aliphatic rings. The van der Waals surface area contributed by atoms with Crippen LogP contribution in [0.1, 0.15) is 18.4 Å². The number of nitrogens with one attached hydrogen (secondary N) is 2. The van der Waals surface area contributed by atoms with E-state index in [1.54, 1.807) is 9.13 Å². The number of imidazole rings is 1. The third-order valence-electron chi connectivity index (χ3n) is 4.56. The van der Waals surface area contributed by atoms with Crippen LogP contribution in [0.4, 0.5) is 0 Å². The largest absolute Gasteiger partial charge is 0.328 e. The van der Waals surface area contributed by atoms with E-state index in [0.717, 1.165) is 43.1 Å². The lowest BCUT2D eigenvalue weighted by Crippen LogP contribution is -2.33. The van der Waals surface area contributed by atoms with Gasteiger partial charge in [0.15, 0.2) is 0 Å². The van der Waals surface area contributed by atoms with E-state index in [9.17, 15) is 4.79 Å². The normalized spacial score (nSPS) is 15.2. The second kappa shape index (κ2) is 8.73. The van der Waals surface area contributed by atoms with Crippen LogP contribution >= 0.6 is 24.8 Å². The number of benzene rings is 1. The van der Waals surface area contributed by atoms with Gasteiger partial charge >= 0.3 is 5.69 Å². The first-order valence-corrected chi connectivity index (χ1v) is 7.72. The van der Waals surface area contributed by atoms with Gasteiger partial charge in [-0.15, -0.1) is 24.8 Å². The van der Waals surface area contributed by atoms with Crippen LogP contribution in [-0.4, -0.2) is 28.8 Å². The highest BCUT2D eigenvalue weighted by Gasteiger charge is 2.12. The molecule has 1 aliphatic heterocycles. The van der Waals surface area contributed by atoms with Crippen molar-refractivity contribution in [3.63, 3.8) is 0 Å². The van der Waals surface area contributed by atoms with Crippen LogP contribution in [0.25, 0.3) is 11.0 Å². The summed E-state index contributed by atoms with van der Waals surface area (Å²) >= 11 is 0. The summed E-state index contributed by atoms with van der Waals surface area (Å²) in [7, 11) is 3.65. The average Bonchev–Trinajstić information content (AvgIpc) is 2.73. The lowest BCUT2D eigenvalue weighted by atomic mass is 9.98. The highest BCUT2D eigenvalue weighted by atomic mass is 35.5. The van der Waals surface area contributed by atoms with Gasteiger partial charge in [0.1, 0.15) is 0 Å². The summed E-state index contributed by atoms with van der Waals surface area (Å²) in [6, 6.07) is 6.27. The third-order valence-corrected chi connectivity index (χ3v) is 4.56. The second-order valence-corrected chi connectivity index (χ2v) is 6.05. The summed E-state index contributed by atoms with van der Waals surface area (Å²) in [6.07, 6.45) is 2.53. The van der Waals surface area contributed by atoms with Crippen LogP contribution < -0.4 is 16.3 Å². The number of piperidine rings is 1. The number of nitrogens with zero attached hydrogens (tertiary/aromatic N) is 2. The zero-order valence-electron chi connectivity index (χ0n) is 13.7. The van der Waals surface area contributed by atoms with E-state index in [-0.39, 0.29) is 30.5 Å². The maximum atomic E-state index is 11.9. The minimum Gasteiger partial charge on any atom is -0.317 e. The molecule has 5 nitrogen and oxygen atoms in total. The van der Waals surface area contributed by atoms with Crippen molar-refractivity contribution in [3.8, 4) is 0 Å². The second-order valence-electron chi connectivity index (χ2n) is 6.05. The Bertz CT molecular complexity index is 689. The van der Waals surface area contributed by atoms with Crippen molar-refractivity contribution >= 4 is 35.8 Å². The molecule has 1 aromatic heterocycles. The quantitative estimate of drug-likeness (QED) is 0.873. The lowest BCUT2D eigenvalue weighted by Gasteiger charge is -2.22. The molecule has 1 fully saturated rings. The van der Waals surface area contributed by atoms with Crippen molar-refractivity contribution in [1.82, 2.24) is 19.8 Å². The molecule has 1 aromatic carbocycles. The van der Waals surface area contributed by atoms with Crippen molar-refractivity contribution in [2.75, 3.05) is 19.6 Å². The Morgan fingerprint density at radius 3 is 2.48 bits per heavy atom. The fourth-order valence-corrected chi connectivity index (χ4v) is 3.17. The smallest absolute Gasteiger partial charge is 0.317 e. The predicted octanol–water partition coefficient (Wildman–Crippen LogP) is 1.81. The Morgan fingerprint density at radius 1 is 1.13 bits per heavy atom. The monoisotopic (exact) mass is 360 g/mol. The van der Waals surface area contributed by atoms with Crippen LogP contribution in [0.3, 0.4) is 0 Å². The van der Waals surface area contributed by atoms with Crippen LogP contribution in [0.15, 0.2) is 23.0 Å². The first-order valence-electron chi connectivity index (χ1n) is 7.72. The van der Waals surface area contributed by atoms with Gasteiger partial charge < -0.3 is 10.6 Å². The number of halogens is 2. The van der Waals surface area contributed by atoms with Gasteiger partial charge in [0.05, 0.1) is 11.0 Å². The Kier molecular flexibility index (Phi) is 7.61. The van der Waals surface area contributed by atoms with Crippen molar-refractivity contribution in [1.29, 1.82) is 0 Å². The summed E-state index contributed by atoms with van der Waals surface area (Å²) < 4.78 is 3.41. The maximum Gasteiger partial charge on any atom is 0.328 e. The number of aryl methyl sites for hydroxylation is 2. The molecule has 0 amide bonds. The van der Waals surface area contributed by atoms with E-state index in [1.807, 2.05) is 20.2 Å². The number of hydrogen-bond acceptors (Lipinski definition) is 3. The number of hydrogen-bond donors (Lipinski definition) is 2. The molecule has 0 aliphatic carbocycles. The first-order chi connectivity index (χ1) is 10.2. The van der Waals surface area contributed by atoms with Gasteiger partial charge in [-0.2, -0.15) is 0 Å². The van der Waals surface area contributed by atoms with Crippen molar-refractivity contribution < 1.29 is 0 Å². The number of aromatic nitrogens is 2. The molecule has 23 heavy (non-hydrogen) atoms. The molecule has 0 saturated carbocycles. The molecule has 0 radical (unpaired) electrons. The van der Waals surface area contributed by atoms with E-state index in [2.05, 4.69) is 22.8 Å². The van der Waals surface area contributed by atoms with Gasteiger partial charge in [0, 0.05) is 20.6 Å².